The van der Waals surface area contributed by atoms with Crippen molar-refractivity contribution in [2.45, 2.75) is 26.3 Å². The van der Waals surface area contributed by atoms with E-state index in [0.29, 0.717) is 31.9 Å². The summed E-state index contributed by atoms with van der Waals surface area (Å²) >= 11 is 0. The van der Waals surface area contributed by atoms with Crippen LogP contribution in [0.15, 0.2) is 15.7 Å². The SMILES string of the molecule is CCn1c(N2CCCC(C(=O)O)C2)cc(=O)n(C)c1=O. The van der Waals surface area contributed by atoms with Crippen LogP contribution in [0, 0.1) is 5.92 Å². The number of aliphatic carboxylic acids is 1. The zero-order chi connectivity index (χ0) is 14.9. The van der Waals surface area contributed by atoms with Crippen molar-refractivity contribution in [3.8, 4) is 0 Å². The maximum absolute atomic E-state index is 12.1. The van der Waals surface area contributed by atoms with E-state index < -0.39 is 11.9 Å². The molecule has 0 saturated carbocycles. The molecule has 1 aromatic rings. The predicted octanol–water partition coefficient (Wildman–Crippen LogP) is -0.132. The van der Waals surface area contributed by atoms with Gasteiger partial charge in [0.25, 0.3) is 5.56 Å². The second-order valence-corrected chi connectivity index (χ2v) is 5.05. The number of hydrogen-bond acceptors (Lipinski definition) is 4. The van der Waals surface area contributed by atoms with Gasteiger partial charge < -0.3 is 10.0 Å². The molecule has 0 spiro atoms. The van der Waals surface area contributed by atoms with Crippen molar-refractivity contribution in [1.29, 1.82) is 0 Å². The second kappa shape index (κ2) is 5.52. The summed E-state index contributed by atoms with van der Waals surface area (Å²) in [6.45, 7) is 3.27. The van der Waals surface area contributed by atoms with Gasteiger partial charge in [-0.05, 0) is 19.8 Å². The number of carboxylic acid groups (broad SMARTS) is 1. The van der Waals surface area contributed by atoms with Crippen molar-refractivity contribution in [1.82, 2.24) is 9.13 Å². The summed E-state index contributed by atoms with van der Waals surface area (Å²) < 4.78 is 2.57. The third-order valence-corrected chi connectivity index (χ3v) is 3.79. The normalized spacial score (nSPS) is 19.1. The molecule has 1 unspecified atom stereocenters. The van der Waals surface area contributed by atoms with E-state index in [1.54, 1.807) is 0 Å². The molecule has 20 heavy (non-hydrogen) atoms. The summed E-state index contributed by atoms with van der Waals surface area (Å²) in [6.07, 6.45) is 1.37. The van der Waals surface area contributed by atoms with Crippen LogP contribution in [-0.2, 0) is 18.4 Å². The van der Waals surface area contributed by atoms with Crippen LogP contribution in [0.5, 0.6) is 0 Å². The lowest BCUT2D eigenvalue weighted by atomic mass is 9.98. The van der Waals surface area contributed by atoms with Crippen molar-refractivity contribution in [2.75, 3.05) is 18.0 Å². The van der Waals surface area contributed by atoms with E-state index >= 15 is 0 Å². The summed E-state index contributed by atoms with van der Waals surface area (Å²) in [7, 11) is 1.44. The molecule has 1 aliphatic heterocycles. The van der Waals surface area contributed by atoms with Crippen molar-refractivity contribution >= 4 is 11.8 Å². The average molecular weight is 281 g/mol. The van der Waals surface area contributed by atoms with E-state index in [9.17, 15) is 14.4 Å². The highest BCUT2D eigenvalue weighted by atomic mass is 16.4. The molecule has 0 radical (unpaired) electrons. The minimum absolute atomic E-state index is 0.335. The molecule has 2 rings (SSSR count). The van der Waals surface area contributed by atoms with Gasteiger partial charge in [-0.25, -0.2) is 4.79 Å². The fourth-order valence-corrected chi connectivity index (χ4v) is 2.60. The Morgan fingerprint density at radius 1 is 1.45 bits per heavy atom. The molecule has 0 bridgehead atoms. The summed E-state index contributed by atoms with van der Waals surface area (Å²) in [5, 5.41) is 9.12. The summed E-state index contributed by atoms with van der Waals surface area (Å²) in [5.41, 5.74) is -0.736. The predicted molar refractivity (Wildman–Crippen MR) is 74.2 cm³/mol. The number of piperidine rings is 1. The quantitative estimate of drug-likeness (QED) is 0.834. The van der Waals surface area contributed by atoms with Crippen molar-refractivity contribution in [3.05, 3.63) is 26.9 Å². The molecular formula is C13H19N3O4. The lowest BCUT2D eigenvalue weighted by Crippen LogP contribution is -2.45. The van der Waals surface area contributed by atoms with E-state index in [-0.39, 0.29) is 11.2 Å². The molecule has 1 atom stereocenters. The molecule has 7 nitrogen and oxygen atoms in total. The van der Waals surface area contributed by atoms with Gasteiger partial charge in [0.05, 0.1) is 5.92 Å². The highest BCUT2D eigenvalue weighted by Crippen LogP contribution is 2.21. The second-order valence-electron chi connectivity index (χ2n) is 5.05. The molecule has 1 fully saturated rings. The van der Waals surface area contributed by atoms with E-state index in [0.717, 1.165) is 11.0 Å². The molecule has 1 aliphatic rings. The van der Waals surface area contributed by atoms with Crippen LogP contribution < -0.4 is 16.1 Å². The zero-order valence-corrected chi connectivity index (χ0v) is 11.7. The highest BCUT2D eigenvalue weighted by Gasteiger charge is 2.27. The first-order valence-corrected chi connectivity index (χ1v) is 6.74. The standard InChI is InChI=1S/C13H19N3O4/c1-3-16-10(7-11(17)14(2)13(16)20)15-6-4-5-9(8-15)12(18)19/h7,9H,3-6,8H2,1-2H3,(H,18,19). The number of hydrogen-bond donors (Lipinski definition) is 1. The Morgan fingerprint density at radius 2 is 2.15 bits per heavy atom. The van der Waals surface area contributed by atoms with Gasteiger partial charge in [0, 0.05) is 32.7 Å². The molecule has 1 aromatic heterocycles. The summed E-state index contributed by atoms with van der Waals surface area (Å²) in [4.78, 5) is 36.8. The minimum atomic E-state index is -0.830. The first-order chi connectivity index (χ1) is 9.45. The Morgan fingerprint density at radius 3 is 2.75 bits per heavy atom. The number of aromatic nitrogens is 2. The van der Waals surface area contributed by atoms with Gasteiger partial charge in [-0.1, -0.05) is 0 Å². The van der Waals surface area contributed by atoms with E-state index in [4.69, 9.17) is 5.11 Å². The third kappa shape index (κ3) is 2.48. The van der Waals surface area contributed by atoms with Crippen LogP contribution in [0.1, 0.15) is 19.8 Å². The Hall–Kier alpha value is -2.05. The number of rotatable bonds is 3. The number of carboxylic acids is 1. The Kier molecular flexibility index (Phi) is 3.96. The van der Waals surface area contributed by atoms with Gasteiger partial charge in [0.1, 0.15) is 5.82 Å². The van der Waals surface area contributed by atoms with Gasteiger partial charge in [0.15, 0.2) is 0 Å². The number of anilines is 1. The molecule has 0 amide bonds. The molecule has 7 heteroatoms. The number of carbonyl (C=O) groups is 1. The molecule has 1 N–H and O–H groups in total. The molecule has 0 aromatic carbocycles. The molecule has 1 saturated heterocycles. The third-order valence-electron chi connectivity index (χ3n) is 3.79. The lowest BCUT2D eigenvalue weighted by Gasteiger charge is -2.33. The summed E-state index contributed by atoms with van der Waals surface area (Å²) in [6, 6.07) is 1.41. The first-order valence-electron chi connectivity index (χ1n) is 6.74. The van der Waals surface area contributed by atoms with Crippen LogP contribution in [0.4, 0.5) is 5.82 Å². The van der Waals surface area contributed by atoms with Gasteiger partial charge in [-0.2, -0.15) is 0 Å². The van der Waals surface area contributed by atoms with Gasteiger partial charge in [-0.15, -0.1) is 0 Å². The topological polar surface area (TPSA) is 84.5 Å². The van der Waals surface area contributed by atoms with Crippen molar-refractivity contribution in [2.24, 2.45) is 13.0 Å². The average Bonchev–Trinajstić information content (AvgIpc) is 2.44. The van der Waals surface area contributed by atoms with Crippen molar-refractivity contribution in [3.63, 3.8) is 0 Å². The molecule has 110 valence electrons. The van der Waals surface area contributed by atoms with Crippen LogP contribution in [-0.4, -0.2) is 33.3 Å². The van der Waals surface area contributed by atoms with Crippen LogP contribution >= 0.6 is 0 Å². The van der Waals surface area contributed by atoms with Crippen LogP contribution in [0.25, 0.3) is 0 Å². The maximum atomic E-state index is 12.1. The highest BCUT2D eigenvalue weighted by molar-refractivity contribution is 5.71. The maximum Gasteiger partial charge on any atom is 0.332 e. The van der Waals surface area contributed by atoms with Gasteiger partial charge in [-0.3, -0.25) is 18.7 Å². The lowest BCUT2D eigenvalue weighted by molar-refractivity contribution is -0.141. The fourth-order valence-electron chi connectivity index (χ4n) is 2.60. The number of nitrogens with zero attached hydrogens (tertiary/aromatic N) is 3. The van der Waals surface area contributed by atoms with Crippen molar-refractivity contribution < 1.29 is 9.90 Å². The monoisotopic (exact) mass is 281 g/mol. The zero-order valence-electron chi connectivity index (χ0n) is 11.7. The van der Waals surface area contributed by atoms with Gasteiger partial charge in [0.2, 0.25) is 0 Å². The van der Waals surface area contributed by atoms with E-state index in [2.05, 4.69) is 0 Å². The summed E-state index contributed by atoms with van der Waals surface area (Å²) in [5.74, 6) is -0.760. The fraction of sp³-hybridized carbons (Fsp3) is 0.615. The molecule has 2 heterocycles. The van der Waals surface area contributed by atoms with Crippen LogP contribution in [0.2, 0.25) is 0 Å². The molecular weight excluding hydrogens is 262 g/mol. The Labute approximate surface area is 116 Å². The largest absolute Gasteiger partial charge is 0.481 e. The molecule has 0 aliphatic carbocycles. The van der Waals surface area contributed by atoms with Gasteiger partial charge >= 0.3 is 11.7 Å². The van der Waals surface area contributed by atoms with E-state index in [1.165, 1.54) is 17.7 Å². The minimum Gasteiger partial charge on any atom is -0.481 e. The Balaban J connectivity index is 2.44. The van der Waals surface area contributed by atoms with Crippen LogP contribution in [0.3, 0.4) is 0 Å². The first kappa shape index (κ1) is 14.4. The van der Waals surface area contributed by atoms with E-state index in [1.807, 2.05) is 11.8 Å². The smallest absolute Gasteiger partial charge is 0.332 e. The Bertz CT molecular complexity index is 631.